The molecule has 126 heavy (non-hydrogen) atoms. The quantitative estimate of drug-likeness (QED) is 0.0511. The van der Waals surface area contributed by atoms with Crippen LogP contribution in [-0.2, 0) is 0 Å². The van der Waals surface area contributed by atoms with Crippen molar-refractivity contribution in [1.29, 1.82) is 0 Å². The van der Waals surface area contributed by atoms with E-state index in [1.54, 1.807) is 19.2 Å². The van der Waals surface area contributed by atoms with Gasteiger partial charge in [-0.15, -0.1) is 0 Å². The van der Waals surface area contributed by atoms with Gasteiger partial charge in [-0.2, -0.15) is 0 Å². The Morgan fingerprint density at radius 1 is 0.222 bits per heavy atom. The first-order chi connectivity index (χ1) is 60.5. The minimum absolute atomic E-state index is 0.160. The molecular formula is C110H86N6O10. The lowest BCUT2D eigenvalue weighted by molar-refractivity contribution is 0.112. The Kier molecular flexibility index (Phi) is 15.1. The van der Waals surface area contributed by atoms with Gasteiger partial charge in [-0.1, -0.05) is 184 Å². The first-order valence-corrected chi connectivity index (χ1v) is 44.2. The number of nitrogens with zero attached hydrogens (tertiary/aromatic N) is 6. The Bertz CT molecular complexity index is 9310. The zero-order chi connectivity index (χ0) is 87.4. The fraction of sp³-hybridized carbons (Fsp3) is 0.227. The van der Waals surface area contributed by atoms with Crippen molar-refractivity contribution in [3.8, 4) is 39.9 Å². The number of hydrogen-bond donors (Lipinski definition) is 0. The van der Waals surface area contributed by atoms with Crippen LogP contribution in [0.25, 0.3) is 218 Å². The molecule has 0 amide bonds. The first-order valence-electron chi connectivity index (χ1n) is 44.2. The average molecular weight is 1650 g/mol. The van der Waals surface area contributed by atoms with Crippen LogP contribution in [0, 0.1) is 0 Å². The molecule has 6 aromatic heterocycles. The van der Waals surface area contributed by atoms with Crippen LogP contribution in [-0.4, -0.2) is 40.8 Å². The van der Waals surface area contributed by atoms with E-state index >= 15 is 38.4 Å². The average Bonchev–Trinajstić information content (AvgIpc) is 1.21. The zero-order valence-electron chi connectivity index (χ0n) is 73.0. The number of fused-ring (bicyclic) bond motifs is 4. The van der Waals surface area contributed by atoms with Crippen LogP contribution in [0.3, 0.4) is 0 Å². The topological polar surface area (TPSA) is 192 Å². The summed E-state index contributed by atoms with van der Waals surface area (Å²) in [6.45, 7) is 32.9. The molecule has 24 rings (SSSR count). The standard InChI is InChI=1S/C110H86N6O10/c1-45(2)57-22-18-23-58(46(3)4)99(57)113-103(118)67-38-65-79-89-77(67)69(105(113)120)40-73-85(89)87-75(111(73)54-32-30-53(44-117)31-33-54)42-71-83-91(87)93(79)95-82(97(83)109(124)115(107(71)122)101-61(49(9)10)26-20-27-62(101)50(11)12)66-39-68-78-70(106(121)114(104(68)119)100-59(47(5)6)24-19-25-60(100)48(7)8)41-74-86-88-76(112(74)55-34-36-56(126-17)37-35-55)43-72-84-92(88)94(80(66)90(78)86)96(95)81(65)98(84)110(125)116(108(72)123)102-63(51(13)14)28-21-29-64(102)52(15)16/h18-52H,1-17H3. The van der Waals surface area contributed by atoms with Gasteiger partial charge in [0.15, 0.2) is 0 Å². The van der Waals surface area contributed by atoms with E-state index in [1.807, 2.05) is 150 Å². The maximum atomic E-state index is 18.4. The van der Waals surface area contributed by atoms with Crippen LogP contribution in [0.2, 0.25) is 0 Å². The van der Waals surface area contributed by atoms with Gasteiger partial charge in [0.25, 0.3) is 44.5 Å². The first kappa shape index (κ1) is 75.5. The molecule has 0 bridgehead atoms. The summed E-state index contributed by atoms with van der Waals surface area (Å²) in [5.41, 5.74) is 7.07. The van der Waals surface area contributed by atoms with Crippen LogP contribution in [0.4, 0.5) is 0 Å². The van der Waals surface area contributed by atoms with Gasteiger partial charge in [0.05, 0.1) is 84.2 Å². The smallest absolute Gasteiger partial charge is 0.266 e. The predicted octanol–water partition coefficient (Wildman–Crippen LogP) is 23.5. The molecule has 0 N–H and O–H groups in total. The van der Waals surface area contributed by atoms with Crippen molar-refractivity contribution in [3.05, 3.63) is 291 Å². The highest BCUT2D eigenvalue weighted by Gasteiger charge is 2.42. The molecule has 0 aliphatic heterocycles. The summed E-state index contributed by atoms with van der Waals surface area (Å²) in [4.78, 5) is 154. The molecule has 0 saturated heterocycles. The number of hydrogen-bond acceptors (Lipinski definition) is 10. The summed E-state index contributed by atoms with van der Waals surface area (Å²) in [5.74, 6) is -1.05. The van der Waals surface area contributed by atoms with Gasteiger partial charge in [-0.3, -0.25) is 43.2 Å². The minimum atomic E-state index is -0.630. The summed E-state index contributed by atoms with van der Waals surface area (Å²) < 4.78 is 15.6. The normalized spacial score (nSPS) is 13.2. The molecule has 616 valence electrons. The SMILES string of the molecule is COc1ccc(-n2c3cc4c(=O)n(-c5c(C(C)C)cccc5C(C)C)c(=O)c5cc6c7c8c(=O)n(-c9c(C(C)C)cccc9C(C)C)c(=O)c9cc%10c%11c(c98)c8c9c(cc%12c(=O)n(-c%13c(C(C)C)cccc%13C(C)C)c(=O)c%13cc(c%11c9c%12%13)n%10-c9ccc(C=O)cc9)c9c%10c(=O)n(-c%11c(C(C)C)cccc%11C(C)C)c(=O)c%11cc2c2c(c%11%10)c(c6c(c54)c23)c9c78)cc1. The lowest BCUT2D eigenvalue weighted by Crippen LogP contribution is -2.34. The van der Waals surface area contributed by atoms with Gasteiger partial charge in [0.2, 0.25) is 0 Å². The number of methoxy groups -OCH3 is 1. The molecule has 0 radical (unpaired) electrons. The number of benzene rings is 18. The van der Waals surface area contributed by atoms with E-state index in [-0.39, 0.29) is 90.4 Å². The van der Waals surface area contributed by atoms with Crippen LogP contribution < -0.4 is 49.2 Å². The van der Waals surface area contributed by atoms with Crippen molar-refractivity contribution in [3.63, 3.8) is 0 Å². The number of aromatic nitrogens is 6. The summed E-state index contributed by atoms with van der Waals surface area (Å²) in [5, 5.41) is 12.6. The molecule has 0 aliphatic carbocycles. The van der Waals surface area contributed by atoms with E-state index in [1.165, 1.54) is 18.3 Å². The Hall–Kier alpha value is -14.3. The Morgan fingerprint density at radius 3 is 0.690 bits per heavy atom. The lowest BCUT2D eigenvalue weighted by atomic mass is 9.73. The molecule has 24 aromatic rings. The second-order valence-electron chi connectivity index (χ2n) is 38.2. The third-order valence-corrected chi connectivity index (χ3v) is 29.0. The molecule has 0 fully saturated rings. The van der Waals surface area contributed by atoms with E-state index in [9.17, 15) is 4.79 Å². The molecule has 0 aliphatic rings. The summed E-state index contributed by atoms with van der Waals surface area (Å²) in [6.07, 6.45) is 0.784. The van der Waals surface area contributed by atoms with Crippen LogP contribution >= 0.6 is 0 Å². The Balaban J connectivity index is 1.10. The Labute approximate surface area is 718 Å². The van der Waals surface area contributed by atoms with Crippen molar-refractivity contribution < 1.29 is 9.53 Å². The van der Waals surface area contributed by atoms with Crippen molar-refractivity contribution in [2.45, 2.75) is 158 Å². The molecule has 0 unspecified atom stereocenters. The molecular weight excluding hydrogens is 1570 g/mol. The van der Waals surface area contributed by atoms with Gasteiger partial charge in [-0.25, -0.2) is 18.3 Å². The van der Waals surface area contributed by atoms with Gasteiger partial charge in [-0.05, 0) is 198 Å². The number of carbonyl (C=O) groups is 1. The van der Waals surface area contributed by atoms with Crippen molar-refractivity contribution >= 4 is 190 Å². The molecule has 18 aromatic carbocycles. The third-order valence-electron chi connectivity index (χ3n) is 29.0. The molecule has 6 heterocycles. The minimum Gasteiger partial charge on any atom is -0.497 e. The van der Waals surface area contributed by atoms with E-state index < -0.39 is 44.5 Å². The summed E-state index contributed by atoms with van der Waals surface area (Å²) in [7, 11) is 1.61. The molecule has 0 saturated carbocycles. The number of carbonyl (C=O) groups excluding carboxylic acids is 1. The van der Waals surface area contributed by atoms with Crippen LogP contribution in [0.5, 0.6) is 5.75 Å². The fourth-order valence-electron chi connectivity index (χ4n) is 23.7. The highest BCUT2D eigenvalue weighted by molar-refractivity contribution is 6.63. The highest BCUT2D eigenvalue weighted by atomic mass is 16.5. The van der Waals surface area contributed by atoms with Gasteiger partial charge < -0.3 is 13.9 Å². The fourth-order valence-corrected chi connectivity index (χ4v) is 23.7. The maximum absolute atomic E-state index is 18.4. The number of aldehydes is 1. The monoisotopic (exact) mass is 1650 g/mol. The number of pyridine rings is 4. The largest absolute Gasteiger partial charge is 0.497 e. The van der Waals surface area contributed by atoms with Crippen molar-refractivity contribution in [2.75, 3.05) is 7.11 Å². The Morgan fingerprint density at radius 2 is 0.437 bits per heavy atom. The highest BCUT2D eigenvalue weighted by Crippen LogP contribution is 2.63. The summed E-state index contributed by atoms with van der Waals surface area (Å²) >= 11 is 0. The van der Waals surface area contributed by atoms with Crippen LogP contribution in [0.1, 0.15) is 213 Å². The molecule has 16 nitrogen and oxygen atoms in total. The maximum Gasteiger partial charge on any atom is 0.266 e. The van der Waals surface area contributed by atoms with E-state index in [0.717, 1.165) is 50.8 Å². The van der Waals surface area contributed by atoms with Crippen LogP contribution in [0.15, 0.2) is 196 Å². The second kappa shape index (κ2) is 25.3. The van der Waals surface area contributed by atoms with Crippen molar-refractivity contribution in [1.82, 2.24) is 27.4 Å². The molecule has 0 atom stereocenters. The van der Waals surface area contributed by atoms with E-state index in [2.05, 4.69) is 115 Å². The number of rotatable bonds is 16. The van der Waals surface area contributed by atoms with Gasteiger partial charge in [0.1, 0.15) is 12.0 Å². The van der Waals surface area contributed by atoms with E-state index in [0.29, 0.717) is 186 Å². The number of para-hydroxylation sites is 4. The molecule has 0 spiro atoms. The molecule has 16 heteroatoms. The predicted molar refractivity (Wildman–Crippen MR) is 518 cm³/mol. The van der Waals surface area contributed by atoms with Gasteiger partial charge in [0, 0.05) is 125 Å². The summed E-state index contributed by atoms with van der Waals surface area (Å²) in [6, 6.07) is 50.0. The van der Waals surface area contributed by atoms with E-state index in [4.69, 9.17) is 4.74 Å². The third kappa shape index (κ3) is 8.91. The zero-order valence-corrected chi connectivity index (χ0v) is 73.0. The van der Waals surface area contributed by atoms with Crippen molar-refractivity contribution in [2.24, 2.45) is 0 Å². The number of ether oxygens (including phenoxy) is 1. The lowest BCUT2D eigenvalue weighted by Gasteiger charge is -2.29. The second-order valence-corrected chi connectivity index (χ2v) is 38.2. The van der Waals surface area contributed by atoms with Gasteiger partial charge >= 0.3 is 0 Å².